The molecule has 8 heteroatoms. The molecule has 0 unspecified atom stereocenters. The van der Waals surface area contributed by atoms with E-state index in [0.717, 1.165) is 11.1 Å². The van der Waals surface area contributed by atoms with Crippen molar-refractivity contribution in [2.75, 3.05) is 26.2 Å². The van der Waals surface area contributed by atoms with Crippen LogP contribution in [0, 0.1) is 6.92 Å². The van der Waals surface area contributed by atoms with Gasteiger partial charge in [0.2, 0.25) is 10.0 Å². The Bertz CT molecular complexity index is 1120. The Morgan fingerprint density at radius 3 is 2.64 bits per heavy atom. The van der Waals surface area contributed by atoms with Crippen molar-refractivity contribution in [1.82, 2.24) is 14.2 Å². The number of carbonyl (C=O) groups is 1. The number of nitrogens with zero attached hydrogens (tertiary/aromatic N) is 3. The number of amides is 1. The topological polar surface area (TPSA) is 83.7 Å². The number of hydrogen-bond acceptors (Lipinski definition) is 5. The number of piperazine rings is 1. The zero-order chi connectivity index (χ0) is 19.7. The molecule has 2 heterocycles. The lowest BCUT2D eigenvalue weighted by molar-refractivity contribution is 0.0698. The third kappa shape index (κ3) is 3.79. The lowest BCUT2D eigenvalue weighted by Crippen LogP contribution is -2.50. The van der Waals surface area contributed by atoms with Crippen LogP contribution < -0.4 is 0 Å². The molecule has 0 bridgehead atoms. The van der Waals surface area contributed by atoms with E-state index >= 15 is 0 Å². The van der Waals surface area contributed by atoms with E-state index in [9.17, 15) is 13.2 Å². The van der Waals surface area contributed by atoms with Gasteiger partial charge in [-0.2, -0.15) is 4.31 Å². The molecule has 1 aromatic heterocycles. The SMILES string of the molecule is Cc1cccc(CS(=O)(=O)N2CCN(C(=O)c3ccc4ocnc4c3)CC2)c1. The highest BCUT2D eigenvalue weighted by Gasteiger charge is 2.29. The lowest BCUT2D eigenvalue weighted by Gasteiger charge is -2.34. The number of hydrogen-bond donors (Lipinski definition) is 0. The Labute approximate surface area is 163 Å². The third-order valence-electron chi connectivity index (χ3n) is 4.93. The van der Waals surface area contributed by atoms with E-state index in [2.05, 4.69) is 4.98 Å². The summed E-state index contributed by atoms with van der Waals surface area (Å²) in [4.78, 5) is 18.5. The molecule has 1 saturated heterocycles. The minimum absolute atomic E-state index is 0.0224. The first-order chi connectivity index (χ1) is 13.4. The first-order valence-electron chi connectivity index (χ1n) is 9.08. The van der Waals surface area contributed by atoms with E-state index in [1.807, 2.05) is 31.2 Å². The van der Waals surface area contributed by atoms with Gasteiger partial charge >= 0.3 is 0 Å². The largest absolute Gasteiger partial charge is 0.443 e. The van der Waals surface area contributed by atoms with E-state index in [1.54, 1.807) is 23.1 Å². The number of aryl methyl sites for hydroxylation is 1. The summed E-state index contributed by atoms with van der Waals surface area (Å²) in [6.45, 7) is 3.26. The van der Waals surface area contributed by atoms with Crippen LogP contribution in [0.15, 0.2) is 53.3 Å². The van der Waals surface area contributed by atoms with Crippen molar-refractivity contribution in [1.29, 1.82) is 0 Å². The molecule has 1 fully saturated rings. The number of carbonyl (C=O) groups excluding carboxylic acids is 1. The zero-order valence-corrected chi connectivity index (χ0v) is 16.4. The number of oxazole rings is 1. The number of benzene rings is 2. The fraction of sp³-hybridized carbons (Fsp3) is 0.300. The monoisotopic (exact) mass is 399 g/mol. The van der Waals surface area contributed by atoms with Crippen molar-refractivity contribution in [3.05, 3.63) is 65.5 Å². The lowest BCUT2D eigenvalue weighted by atomic mass is 10.1. The maximum absolute atomic E-state index is 12.7. The van der Waals surface area contributed by atoms with Gasteiger partial charge in [-0.3, -0.25) is 4.79 Å². The molecule has 0 aliphatic carbocycles. The number of sulfonamides is 1. The van der Waals surface area contributed by atoms with Crippen LogP contribution in [0.3, 0.4) is 0 Å². The highest BCUT2D eigenvalue weighted by molar-refractivity contribution is 7.88. The molecule has 2 aromatic carbocycles. The molecular formula is C20H21N3O4S. The Morgan fingerprint density at radius 1 is 1.11 bits per heavy atom. The Morgan fingerprint density at radius 2 is 1.89 bits per heavy atom. The molecule has 0 saturated carbocycles. The average Bonchev–Trinajstić information content (AvgIpc) is 3.15. The summed E-state index contributed by atoms with van der Waals surface area (Å²) in [5, 5.41) is 0. The smallest absolute Gasteiger partial charge is 0.254 e. The quantitative estimate of drug-likeness (QED) is 0.673. The molecule has 4 rings (SSSR count). The van der Waals surface area contributed by atoms with Crippen molar-refractivity contribution in [2.24, 2.45) is 0 Å². The van der Waals surface area contributed by atoms with Crippen molar-refractivity contribution < 1.29 is 17.6 Å². The van der Waals surface area contributed by atoms with Crippen LogP contribution in [0.5, 0.6) is 0 Å². The molecule has 0 spiro atoms. The second-order valence-electron chi connectivity index (χ2n) is 6.97. The Hall–Kier alpha value is -2.71. The molecule has 1 aliphatic rings. The number of aromatic nitrogens is 1. The van der Waals surface area contributed by atoms with Crippen molar-refractivity contribution in [3.63, 3.8) is 0 Å². The normalized spacial score (nSPS) is 15.8. The van der Waals surface area contributed by atoms with Gasteiger partial charge in [0.05, 0.1) is 5.75 Å². The predicted molar refractivity (Wildman–Crippen MR) is 105 cm³/mol. The summed E-state index contributed by atoms with van der Waals surface area (Å²) in [6, 6.07) is 12.6. The summed E-state index contributed by atoms with van der Waals surface area (Å²) >= 11 is 0. The fourth-order valence-corrected chi connectivity index (χ4v) is 4.95. The summed E-state index contributed by atoms with van der Waals surface area (Å²) in [7, 11) is -3.42. The third-order valence-corrected chi connectivity index (χ3v) is 6.78. The second kappa shape index (κ2) is 7.37. The minimum atomic E-state index is -3.42. The van der Waals surface area contributed by atoms with Crippen LogP contribution in [-0.4, -0.2) is 54.7 Å². The first kappa shape index (κ1) is 18.6. The molecule has 0 radical (unpaired) electrons. The average molecular weight is 399 g/mol. The molecule has 7 nitrogen and oxygen atoms in total. The van der Waals surface area contributed by atoms with Crippen LogP contribution in [0.1, 0.15) is 21.5 Å². The minimum Gasteiger partial charge on any atom is -0.443 e. The molecule has 28 heavy (non-hydrogen) atoms. The van der Waals surface area contributed by atoms with Gasteiger partial charge in [0.15, 0.2) is 12.0 Å². The van der Waals surface area contributed by atoms with E-state index in [0.29, 0.717) is 42.8 Å². The van der Waals surface area contributed by atoms with Gasteiger partial charge < -0.3 is 9.32 Å². The van der Waals surface area contributed by atoms with Gasteiger partial charge in [0.1, 0.15) is 5.52 Å². The molecule has 3 aromatic rings. The van der Waals surface area contributed by atoms with Crippen molar-refractivity contribution in [3.8, 4) is 0 Å². The molecule has 0 N–H and O–H groups in total. The Kier molecular flexibility index (Phi) is 4.91. The highest BCUT2D eigenvalue weighted by atomic mass is 32.2. The summed E-state index contributed by atoms with van der Waals surface area (Å²) < 4.78 is 32.1. The standard InChI is InChI=1S/C20H21N3O4S/c1-15-3-2-4-16(11-15)13-28(25,26)23-9-7-22(8-10-23)20(24)17-5-6-19-18(12-17)21-14-27-19/h2-6,11-12,14H,7-10,13H2,1H3. The molecule has 0 atom stereocenters. The maximum Gasteiger partial charge on any atom is 0.254 e. The Balaban J connectivity index is 1.41. The van der Waals surface area contributed by atoms with Gasteiger partial charge in [-0.25, -0.2) is 13.4 Å². The zero-order valence-electron chi connectivity index (χ0n) is 15.5. The van der Waals surface area contributed by atoms with Gasteiger partial charge in [-0.1, -0.05) is 29.8 Å². The first-order valence-corrected chi connectivity index (χ1v) is 10.7. The van der Waals surface area contributed by atoms with Gasteiger partial charge in [0.25, 0.3) is 5.91 Å². The molecule has 146 valence electrons. The van der Waals surface area contributed by atoms with E-state index in [1.165, 1.54) is 10.7 Å². The van der Waals surface area contributed by atoms with Gasteiger partial charge in [-0.15, -0.1) is 0 Å². The number of rotatable bonds is 4. The van der Waals surface area contributed by atoms with Crippen LogP contribution in [0.2, 0.25) is 0 Å². The van der Waals surface area contributed by atoms with Crippen LogP contribution in [0.4, 0.5) is 0 Å². The summed E-state index contributed by atoms with van der Waals surface area (Å²) in [6.07, 6.45) is 1.34. The maximum atomic E-state index is 12.7. The second-order valence-corrected chi connectivity index (χ2v) is 8.94. The molecular weight excluding hydrogens is 378 g/mol. The summed E-state index contributed by atoms with van der Waals surface area (Å²) in [5.41, 5.74) is 3.60. The highest BCUT2D eigenvalue weighted by Crippen LogP contribution is 2.18. The van der Waals surface area contributed by atoms with E-state index in [-0.39, 0.29) is 11.7 Å². The molecule has 1 aliphatic heterocycles. The van der Waals surface area contributed by atoms with Crippen molar-refractivity contribution in [2.45, 2.75) is 12.7 Å². The summed E-state index contributed by atoms with van der Waals surface area (Å²) in [5.74, 6) is -0.147. The van der Waals surface area contributed by atoms with Crippen LogP contribution >= 0.6 is 0 Å². The van der Waals surface area contributed by atoms with Gasteiger partial charge in [-0.05, 0) is 30.7 Å². The van der Waals surface area contributed by atoms with E-state index < -0.39 is 10.0 Å². The van der Waals surface area contributed by atoms with E-state index in [4.69, 9.17) is 4.42 Å². The van der Waals surface area contributed by atoms with Gasteiger partial charge in [0, 0.05) is 31.7 Å². The fourth-order valence-electron chi connectivity index (χ4n) is 3.45. The number of fused-ring (bicyclic) bond motifs is 1. The van der Waals surface area contributed by atoms with Crippen LogP contribution in [-0.2, 0) is 15.8 Å². The van der Waals surface area contributed by atoms with Crippen molar-refractivity contribution >= 4 is 27.0 Å². The molecule has 1 amide bonds. The van der Waals surface area contributed by atoms with Crippen LogP contribution in [0.25, 0.3) is 11.1 Å². The predicted octanol–water partition coefficient (Wildman–Crippen LogP) is 2.42.